The molecule has 2 aliphatic heterocycles. The number of hydrogen-bond donors (Lipinski definition) is 2. The third-order valence-corrected chi connectivity index (χ3v) is 10.5. The van der Waals surface area contributed by atoms with E-state index in [0.717, 1.165) is 102 Å². The highest BCUT2D eigenvalue weighted by Gasteiger charge is 2.22. The average molecular weight is 733 g/mol. The maximum Gasteiger partial charge on any atom is 0.142 e. The second kappa shape index (κ2) is 16.8. The maximum atomic E-state index is 9.81. The van der Waals surface area contributed by atoms with Crippen LogP contribution in [0.5, 0.6) is 17.2 Å². The van der Waals surface area contributed by atoms with Gasteiger partial charge < -0.3 is 29.2 Å². The lowest BCUT2D eigenvalue weighted by atomic mass is 9.93. The van der Waals surface area contributed by atoms with E-state index in [2.05, 4.69) is 68.9 Å². The number of likely N-dealkylation sites (tertiary alicyclic amines) is 1. The van der Waals surface area contributed by atoms with Crippen molar-refractivity contribution in [2.24, 2.45) is 0 Å². The molecule has 1 unspecified atom stereocenters. The molecule has 1 saturated heterocycles. The minimum absolute atomic E-state index is 0.200. The first-order chi connectivity index (χ1) is 25.8. The maximum absolute atomic E-state index is 9.81. The number of nitrogens with zero attached hydrogens (tertiary/aromatic N) is 5. The summed E-state index contributed by atoms with van der Waals surface area (Å²) in [5, 5.41) is 19.7. The first kappa shape index (κ1) is 36.4. The van der Waals surface area contributed by atoms with Crippen LogP contribution in [0.15, 0.2) is 73.3 Å². The van der Waals surface area contributed by atoms with E-state index >= 15 is 0 Å². The van der Waals surface area contributed by atoms with Crippen LogP contribution < -0.4 is 14.2 Å². The van der Waals surface area contributed by atoms with Crippen molar-refractivity contribution in [3.05, 3.63) is 123 Å². The van der Waals surface area contributed by atoms with Crippen molar-refractivity contribution in [1.29, 1.82) is 5.26 Å². The van der Waals surface area contributed by atoms with Gasteiger partial charge in [0, 0.05) is 81.0 Å². The Hall–Kier alpha value is -4.92. The zero-order valence-corrected chi connectivity index (χ0v) is 31.0. The highest BCUT2D eigenvalue weighted by Crippen LogP contribution is 2.37. The Labute approximate surface area is 315 Å². The van der Waals surface area contributed by atoms with Crippen LogP contribution in [0.2, 0.25) is 5.02 Å². The first-order valence-corrected chi connectivity index (χ1v) is 18.6. The van der Waals surface area contributed by atoms with Crippen molar-refractivity contribution in [1.82, 2.24) is 24.8 Å². The Balaban J connectivity index is 1.06. The number of aliphatic hydroxyl groups excluding tert-OH is 1. The molecule has 2 N–H and O–H groups in total. The fraction of sp³-hybridized carbons (Fsp3) is 0.357. The molecular weight excluding hydrogens is 688 g/mol. The zero-order valence-electron chi connectivity index (χ0n) is 30.3. The molecule has 1 atom stereocenters. The lowest BCUT2D eigenvalue weighted by molar-refractivity contribution is 0.173. The van der Waals surface area contributed by atoms with E-state index in [1.807, 2.05) is 24.3 Å². The molecule has 7 rings (SSSR count). The summed E-state index contributed by atoms with van der Waals surface area (Å²) >= 11 is 6.92. The molecule has 0 spiro atoms. The molecule has 3 aromatic carbocycles. The molecule has 274 valence electrons. The number of nitriles is 1. The molecule has 2 aromatic heterocycles. The van der Waals surface area contributed by atoms with Gasteiger partial charge in [-0.2, -0.15) is 5.26 Å². The highest BCUT2D eigenvalue weighted by atomic mass is 35.5. The number of H-pyrrole nitrogens is 1. The smallest absolute Gasteiger partial charge is 0.142 e. The SMILES string of the molecule is Cc1c(COc2cc(OCc3cncc(C#N)c3)c(CN3CCc4[nH]cnc4C3)cc2Cl)cccc1-c1cccc(OCCCN2CCC(O)C2)c1C. The van der Waals surface area contributed by atoms with Gasteiger partial charge in [-0.25, -0.2) is 4.98 Å². The molecule has 0 saturated carbocycles. The monoisotopic (exact) mass is 732 g/mol. The number of fused-ring (bicyclic) bond motifs is 1. The molecule has 0 amide bonds. The summed E-state index contributed by atoms with van der Waals surface area (Å²) in [5.74, 6) is 2.08. The van der Waals surface area contributed by atoms with E-state index in [9.17, 15) is 10.4 Å². The standard InChI is InChI=1S/C42H45ClN6O4/c1-28-32(6-3-7-35(28)36-8-4-9-40(29(36)2)51-15-5-12-48-13-10-34(50)23-48)26-53-42-18-41(52-25-31-16-30(19-44)20-45-21-31)33(17-37(42)43)22-49-14-11-38-39(24-49)47-27-46-38/h3-4,6-9,16-18,20-21,27,34,50H,5,10-15,22-26H2,1-2H3,(H,46,47). The molecular formula is C42H45ClN6O4. The number of aromatic nitrogens is 3. The molecule has 0 aliphatic carbocycles. The van der Waals surface area contributed by atoms with Gasteiger partial charge in [0.1, 0.15) is 36.5 Å². The van der Waals surface area contributed by atoms with Crippen molar-refractivity contribution in [3.63, 3.8) is 0 Å². The highest BCUT2D eigenvalue weighted by molar-refractivity contribution is 6.32. The van der Waals surface area contributed by atoms with E-state index in [-0.39, 0.29) is 12.7 Å². The molecule has 4 heterocycles. The Morgan fingerprint density at radius 1 is 0.925 bits per heavy atom. The minimum Gasteiger partial charge on any atom is -0.493 e. The Bertz CT molecular complexity index is 2090. The number of β-amino-alcohol motifs (C(OH)–C–C–N with tert-alkyl or cyclic N) is 1. The zero-order chi connectivity index (χ0) is 36.7. The summed E-state index contributed by atoms with van der Waals surface area (Å²) in [4.78, 5) is 16.6. The number of aromatic amines is 1. The van der Waals surface area contributed by atoms with Gasteiger partial charge in [-0.05, 0) is 72.7 Å². The molecule has 11 heteroatoms. The molecule has 5 aromatic rings. The third kappa shape index (κ3) is 8.83. The molecule has 0 bridgehead atoms. The number of rotatable bonds is 14. The quantitative estimate of drug-likeness (QED) is 0.115. The second-order valence-corrected chi connectivity index (χ2v) is 14.3. The fourth-order valence-corrected chi connectivity index (χ4v) is 7.45. The van der Waals surface area contributed by atoms with E-state index in [4.69, 9.17) is 25.8 Å². The van der Waals surface area contributed by atoms with Crippen LogP contribution in [0.1, 0.15) is 57.6 Å². The molecule has 0 radical (unpaired) electrons. The Kier molecular flexibility index (Phi) is 11.6. The van der Waals surface area contributed by atoms with Crippen molar-refractivity contribution in [3.8, 4) is 34.4 Å². The fourth-order valence-electron chi connectivity index (χ4n) is 7.21. The predicted octanol–water partition coefficient (Wildman–Crippen LogP) is 7.17. The number of hydrogen-bond acceptors (Lipinski definition) is 9. The van der Waals surface area contributed by atoms with E-state index < -0.39 is 0 Å². The van der Waals surface area contributed by atoms with Gasteiger partial charge in [-0.1, -0.05) is 41.9 Å². The van der Waals surface area contributed by atoms with Crippen LogP contribution in [0.4, 0.5) is 0 Å². The lowest BCUT2D eigenvalue weighted by Crippen LogP contribution is -2.30. The summed E-state index contributed by atoms with van der Waals surface area (Å²) in [5.41, 5.74) is 9.98. The van der Waals surface area contributed by atoms with Crippen molar-refractivity contribution in [2.75, 3.05) is 32.8 Å². The van der Waals surface area contributed by atoms with Crippen LogP contribution in [0.3, 0.4) is 0 Å². The van der Waals surface area contributed by atoms with Gasteiger partial charge in [0.15, 0.2) is 0 Å². The van der Waals surface area contributed by atoms with Crippen LogP contribution in [0, 0.1) is 25.2 Å². The third-order valence-electron chi connectivity index (χ3n) is 10.2. The number of imidazole rings is 1. The molecule has 53 heavy (non-hydrogen) atoms. The predicted molar refractivity (Wildman–Crippen MR) is 204 cm³/mol. The van der Waals surface area contributed by atoms with Gasteiger partial charge >= 0.3 is 0 Å². The number of benzene rings is 3. The topological polar surface area (TPSA) is 120 Å². The molecule has 1 fully saturated rings. The number of aliphatic hydroxyl groups is 1. The minimum atomic E-state index is -0.200. The molecule has 2 aliphatic rings. The van der Waals surface area contributed by atoms with Crippen molar-refractivity contribution < 1.29 is 19.3 Å². The lowest BCUT2D eigenvalue weighted by Gasteiger charge is -2.27. The Morgan fingerprint density at radius 2 is 1.75 bits per heavy atom. The van der Waals surface area contributed by atoms with Gasteiger partial charge in [-0.15, -0.1) is 0 Å². The summed E-state index contributed by atoms with van der Waals surface area (Å²) in [7, 11) is 0. The van der Waals surface area contributed by atoms with Gasteiger partial charge in [0.25, 0.3) is 0 Å². The van der Waals surface area contributed by atoms with Crippen LogP contribution >= 0.6 is 11.6 Å². The second-order valence-electron chi connectivity index (χ2n) is 13.9. The average Bonchev–Trinajstić information content (AvgIpc) is 3.82. The number of halogens is 1. The summed E-state index contributed by atoms with van der Waals surface area (Å²) in [6, 6.07) is 20.2. The normalized spacial score (nSPS) is 15.9. The van der Waals surface area contributed by atoms with Gasteiger partial charge in [-0.3, -0.25) is 9.88 Å². The van der Waals surface area contributed by atoms with Crippen molar-refractivity contribution >= 4 is 11.6 Å². The number of ether oxygens (including phenoxy) is 3. The van der Waals surface area contributed by atoms with Crippen molar-refractivity contribution in [2.45, 2.75) is 65.5 Å². The van der Waals surface area contributed by atoms with Gasteiger partial charge in [0.2, 0.25) is 0 Å². The van der Waals surface area contributed by atoms with E-state index in [1.54, 1.807) is 18.6 Å². The first-order valence-electron chi connectivity index (χ1n) is 18.2. The summed E-state index contributed by atoms with van der Waals surface area (Å²) in [6.07, 6.45) is 7.46. The summed E-state index contributed by atoms with van der Waals surface area (Å²) < 4.78 is 19.1. The van der Waals surface area contributed by atoms with E-state index in [1.165, 1.54) is 11.9 Å². The number of pyridine rings is 1. The Morgan fingerprint density at radius 3 is 2.58 bits per heavy atom. The summed E-state index contributed by atoms with van der Waals surface area (Å²) in [6.45, 7) is 10.3. The van der Waals surface area contributed by atoms with E-state index in [0.29, 0.717) is 41.8 Å². The van der Waals surface area contributed by atoms with Crippen LogP contribution in [-0.4, -0.2) is 68.7 Å². The van der Waals surface area contributed by atoms with Gasteiger partial charge in [0.05, 0.1) is 35.3 Å². The van der Waals surface area contributed by atoms with Crippen LogP contribution in [-0.2, 0) is 32.7 Å². The number of nitrogens with one attached hydrogen (secondary N) is 1. The molecule has 10 nitrogen and oxygen atoms in total. The van der Waals surface area contributed by atoms with Crippen LogP contribution in [0.25, 0.3) is 11.1 Å². The largest absolute Gasteiger partial charge is 0.493 e.